The monoisotopic (exact) mass is 642 g/mol. The third-order valence-electron chi connectivity index (χ3n) is 5.05. The number of hydrogen-bond donors (Lipinski definition) is 2. The molecule has 0 fully saturated rings. The van der Waals surface area contributed by atoms with E-state index in [0.29, 0.717) is 17.7 Å². The molecular weight excluding hydrogens is 622 g/mol. The maximum absolute atomic E-state index is 13.1. The van der Waals surface area contributed by atoms with Crippen molar-refractivity contribution in [2.75, 3.05) is 0 Å². The van der Waals surface area contributed by atoms with Crippen molar-refractivity contribution in [2.24, 2.45) is 4.99 Å². The van der Waals surface area contributed by atoms with Crippen LogP contribution in [0.25, 0.3) is 0 Å². The van der Waals surface area contributed by atoms with Crippen LogP contribution in [0.15, 0.2) is 47.5 Å². The molecule has 2 aromatic carbocycles. The molecule has 1 heterocycles. The lowest BCUT2D eigenvalue weighted by Crippen LogP contribution is -2.24. The van der Waals surface area contributed by atoms with E-state index in [9.17, 15) is 9.90 Å². The van der Waals surface area contributed by atoms with Crippen LogP contribution >= 0.6 is 56.5 Å². The fourth-order valence-electron chi connectivity index (χ4n) is 3.56. The zero-order chi connectivity index (χ0) is 21.1. The number of carbonyl (C=O) groups excluding carboxylic acids is 1. The van der Waals surface area contributed by atoms with E-state index in [1.807, 2.05) is 42.5 Å². The number of amides is 1. The first-order valence-electron chi connectivity index (χ1n) is 9.71. The summed E-state index contributed by atoms with van der Waals surface area (Å²) in [4.78, 5) is 19.1. The van der Waals surface area contributed by atoms with E-state index in [4.69, 9.17) is 0 Å². The van der Waals surface area contributed by atoms with Crippen LogP contribution in [0, 0.1) is 7.14 Å². The summed E-state index contributed by atoms with van der Waals surface area (Å²) in [5, 5.41) is 14.2. The molecule has 0 bridgehead atoms. The van der Waals surface area contributed by atoms with Crippen LogP contribution in [0.2, 0.25) is 0 Å². The first-order chi connectivity index (χ1) is 14.5. The summed E-state index contributed by atoms with van der Waals surface area (Å²) in [6, 6.07) is 13.7. The predicted octanol–water partition coefficient (Wildman–Crippen LogP) is 6.22. The smallest absolute Gasteiger partial charge is 0.254 e. The number of thiophene rings is 1. The molecule has 7 heteroatoms. The van der Waals surface area contributed by atoms with Gasteiger partial charge in [0, 0.05) is 26.8 Å². The summed E-state index contributed by atoms with van der Waals surface area (Å²) >= 11 is 5.94. The van der Waals surface area contributed by atoms with Crippen molar-refractivity contribution < 1.29 is 9.90 Å². The van der Waals surface area contributed by atoms with Gasteiger partial charge in [0.2, 0.25) is 0 Å². The van der Waals surface area contributed by atoms with Gasteiger partial charge in [-0.25, -0.2) is 4.99 Å². The molecule has 1 aliphatic carbocycles. The highest BCUT2D eigenvalue weighted by molar-refractivity contribution is 14.1. The molecule has 0 radical (unpaired) electrons. The van der Waals surface area contributed by atoms with E-state index >= 15 is 0 Å². The van der Waals surface area contributed by atoms with Crippen molar-refractivity contribution >= 4 is 73.6 Å². The number of halogens is 2. The zero-order valence-electron chi connectivity index (χ0n) is 16.1. The third-order valence-corrected chi connectivity index (χ3v) is 7.70. The maximum Gasteiger partial charge on any atom is 0.254 e. The van der Waals surface area contributed by atoms with Crippen LogP contribution in [0.5, 0.6) is 5.75 Å². The maximum atomic E-state index is 13.1. The summed E-state index contributed by atoms with van der Waals surface area (Å²) in [5.41, 5.74) is 3.57. The van der Waals surface area contributed by atoms with Crippen LogP contribution in [0.3, 0.4) is 0 Å². The van der Waals surface area contributed by atoms with Crippen LogP contribution in [-0.2, 0) is 19.4 Å². The van der Waals surface area contributed by atoms with Gasteiger partial charge in [0.15, 0.2) is 0 Å². The summed E-state index contributed by atoms with van der Waals surface area (Å²) in [7, 11) is 0. The number of carbonyl (C=O) groups is 1. The van der Waals surface area contributed by atoms with E-state index in [2.05, 4.69) is 55.5 Å². The minimum Gasteiger partial charge on any atom is -0.506 e. The van der Waals surface area contributed by atoms with E-state index < -0.39 is 0 Å². The Labute approximate surface area is 207 Å². The number of rotatable bonds is 5. The van der Waals surface area contributed by atoms with Crippen LogP contribution < -0.4 is 5.32 Å². The van der Waals surface area contributed by atoms with Crippen molar-refractivity contribution in [3.05, 3.63) is 76.7 Å². The van der Waals surface area contributed by atoms with Gasteiger partial charge >= 0.3 is 0 Å². The molecule has 3 aromatic rings. The molecule has 1 aliphatic rings. The average molecular weight is 642 g/mol. The molecule has 0 saturated heterocycles. The molecule has 0 saturated carbocycles. The van der Waals surface area contributed by atoms with Crippen molar-refractivity contribution in [1.29, 1.82) is 0 Å². The molecule has 0 unspecified atom stereocenters. The topological polar surface area (TPSA) is 61.7 Å². The van der Waals surface area contributed by atoms with Gasteiger partial charge in [-0.15, -0.1) is 11.3 Å². The number of hydrogen-bond acceptors (Lipinski definition) is 4. The summed E-state index contributed by atoms with van der Waals surface area (Å²) < 4.78 is 1.81. The number of benzene rings is 2. The molecule has 1 amide bonds. The quantitative estimate of drug-likeness (QED) is 0.257. The SMILES string of the molecule is O=C(NCc1ccccc1)c1c(N=Cc2cc(I)cc(I)c2O)sc2c1CCCC2. The molecule has 2 N–H and O–H groups in total. The number of nitrogens with one attached hydrogen (secondary N) is 1. The molecule has 1 aromatic heterocycles. The van der Waals surface area contributed by atoms with E-state index in [1.165, 1.54) is 4.88 Å². The Morgan fingerprint density at radius 1 is 1.17 bits per heavy atom. The van der Waals surface area contributed by atoms with Gasteiger partial charge in [0.25, 0.3) is 5.91 Å². The Kier molecular flexibility index (Phi) is 7.09. The van der Waals surface area contributed by atoms with Crippen LogP contribution in [-0.4, -0.2) is 17.2 Å². The number of aromatic hydroxyl groups is 1. The Morgan fingerprint density at radius 2 is 1.93 bits per heavy atom. The largest absolute Gasteiger partial charge is 0.506 e. The number of fused-ring (bicyclic) bond motifs is 1. The van der Waals surface area contributed by atoms with Gasteiger partial charge in [-0.2, -0.15) is 0 Å². The lowest BCUT2D eigenvalue weighted by molar-refractivity contribution is 0.0951. The van der Waals surface area contributed by atoms with Crippen molar-refractivity contribution in [2.45, 2.75) is 32.2 Å². The minimum absolute atomic E-state index is 0.0770. The van der Waals surface area contributed by atoms with Crippen molar-refractivity contribution in [1.82, 2.24) is 5.32 Å². The highest BCUT2D eigenvalue weighted by atomic mass is 127. The van der Waals surface area contributed by atoms with Gasteiger partial charge in [0.05, 0.1) is 9.13 Å². The fraction of sp³-hybridized carbons (Fsp3) is 0.217. The number of aryl methyl sites for hydroxylation is 1. The molecule has 0 spiro atoms. The lowest BCUT2D eigenvalue weighted by atomic mass is 9.95. The second-order valence-corrected chi connectivity index (χ2v) is 10.6. The third kappa shape index (κ3) is 4.88. The van der Waals surface area contributed by atoms with Gasteiger partial charge in [-0.3, -0.25) is 4.79 Å². The average Bonchev–Trinajstić information content (AvgIpc) is 3.12. The lowest BCUT2D eigenvalue weighted by Gasteiger charge is -2.12. The summed E-state index contributed by atoms with van der Waals surface area (Å²) in [6.45, 7) is 0.489. The van der Waals surface area contributed by atoms with Gasteiger partial charge < -0.3 is 10.4 Å². The fourth-order valence-corrected chi connectivity index (χ4v) is 6.68. The highest BCUT2D eigenvalue weighted by Gasteiger charge is 2.25. The standard InChI is InChI=1S/C23H20I2N2O2S/c24-16-10-15(21(28)18(25)11-16)13-27-23-20(17-8-4-5-9-19(17)30-23)22(29)26-12-14-6-2-1-3-7-14/h1-3,6-7,10-11,13,28H,4-5,8-9,12H2,(H,26,29). The molecule has 0 aliphatic heterocycles. The Balaban J connectivity index is 1.65. The van der Waals surface area contributed by atoms with Crippen LogP contribution in [0.1, 0.15) is 44.8 Å². The molecule has 4 rings (SSSR count). The summed E-state index contributed by atoms with van der Waals surface area (Å²) in [6.07, 6.45) is 5.84. The normalized spacial score (nSPS) is 13.4. The Hall–Kier alpha value is -1.46. The summed E-state index contributed by atoms with van der Waals surface area (Å²) in [5.74, 6) is 0.142. The molecule has 30 heavy (non-hydrogen) atoms. The first-order valence-corrected chi connectivity index (χ1v) is 12.7. The molecule has 154 valence electrons. The second-order valence-electron chi connectivity index (χ2n) is 7.14. The van der Waals surface area contributed by atoms with Gasteiger partial charge in [-0.1, -0.05) is 30.3 Å². The first kappa shape index (κ1) is 21.8. The number of phenols is 1. The van der Waals surface area contributed by atoms with Gasteiger partial charge in [-0.05, 0) is 94.1 Å². The van der Waals surface area contributed by atoms with E-state index in [1.54, 1.807) is 17.6 Å². The zero-order valence-corrected chi connectivity index (χ0v) is 21.3. The van der Waals surface area contributed by atoms with E-state index in [0.717, 1.165) is 49.0 Å². The van der Waals surface area contributed by atoms with Crippen molar-refractivity contribution in [3.8, 4) is 5.75 Å². The van der Waals surface area contributed by atoms with Crippen LogP contribution in [0.4, 0.5) is 5.00 Å². The molecular formula is C23H20I2N2O2S. The molecule has 4 nitrogen and oxygen atoms in total. The Morgan fingerprint density at radius 3 is 2.73 bits per heavy atom. The minimum atomic E-state index is -0.0770. The van der Waals surface area contributed by atoms with Gasteiger partial charge in [0.1, 0.15) is 10.8 Å². The molecule has 0 atom stereocenters. The van der Waals surface area contributed by atoms with E-state index in [-0.39, 0.29) is 11.7 Å². The number of phenolic OH excluding ortho intramolecular Hbond substituents is 1. The Bertz CT molecular complexity index is 1110. The highest BCUT2D eigenvalue weighted by Crippen LogP contribution is 2.40. The second kappa shape index (κ2) is 9.78. The predicted molar refractivity (Wildman–Crippen MR) is 139 cm³/mol. The number of aliphatic imine (C=N–C) groups is 1. The van der Waals surface area contributed by atoms with Crippen molar-refractivity contribution in [3.63, 3.8) is 0 Å². The number of nitrogens with zero attached hydrogens (tertiary/aromatic N) is 1.